The first-order chi connectivity index (χ1) is 10.1. The average Bonchev–Trinajstić information content (AvgIpc) is 2.76. The highest BCUT2D eigenvalue weighted by Gasteiger charge is 2.09. The van der Waals surface area contributed by atoms with Gasteiger partial charge in [0.05, 0.1) is 29.7 Å². The number of ether oxygens (including phenoxy) is 1. The van der Waals surface area contributed by atoms with Gasteiger partial charge in [-0.25, -0.2) is 4.39 Å². The van der Waals surface area contributed by atoms with Crippen molar-refractivity contribution in [2.75, 3.05) is 7.11 Å². The van der Waals surface area contributed by atoms with Crippen LogP contribution in [0.5, 0.6) is 5.75 Å². The molecule has 21 heavy (non-hydrogen) atoms. The van der Waals surface area contributed by atoms with Crippen molar-refractivity contribution in [3.63, 3.8) is 0 Å². The number of H-pyrrole nitrogens is 1. The normalized spacial score (nSPS) is 11.0. The SMILES string of the molecule is COc1cccc(Cn2c(=S)[nH]c3cc(Cl)c(F)cc32)c1. The molecule has 3 rings (SSSR count). The number of benzene rings is 2. The zero-order chi connectivity index (χ0) is 15.0. The number of fused-ring (bicyclic) bond motifs is 1. The van der Waals surface area contributed by atoms with Gasteiger partial charge in [-0.1, -0.05) is 23.7 Å². The van der Waals surface area contributed by atoms with Gasteiger partial charge in [0.25, 0.3) is 0 Å². The molecule has 0 bridgehead atoms. The predicted octanol–water partition coefficient (Wildman–Crippen LogP) is 4.55. The summed E-state index contributed by atoms with van der Waals surface area (Å²) in [5.41, 5.74) is 2.42. The lowest BCUT2D eigenvalue weighted by Crippen LogP contribution is -2.00. The average molecular weight is 323 g/mol. The van der Waals surface area contributed by atoms with Crippen molar-refractivity contribution in [3.05, 3.63) is 57.6 Å². The van der Waals surface area contributed by atoms with Crippen LogP contribution >= 0.6 is 23.8 Å². The molecule has 1 aromatic heterocycles. The molecule has 0 aliphatic carbocycles. The number of hydrogen-bond acceptors (Lipinski definition) is 2. The summed E-state index contributed by atoms with van der Waals surface area (Å²) in [4.78, 5) is 3.04. The first kappa shape index (κ1) is 14.1. The monoisotopic (exact) mass is 322 g/mol. The second-order valence-electron chi connectivity index (χ2n) is 4.65. The van der Waals surface area contributed by atoms with Gasteiger partial charge in [-0.3, -0.25) is 0 Å². The molecule has 0 radical (unpaired) electrons. The number of imidazole rings is 1. The molecule has 0 aliphatic heterocycles. The van der Waals surface area contributed by atoms with Gasteiger partial charge in [0.2, 0.25) is 0 Å². The first-order valence-electron chi connectivity index (χ1n) is 6.29. The van der Waals surface area contributed by atoms with Gasteiger partial charge in [0.1, 0.15) is 11.6 Å². The minimum atomic E-state index is -0.461. The van der Waals surface area contributed by atoms with Gasteiger partial charge in [0.15, 0.2) is 4.77 Å². The lowest BCUT2D eigenvalue weighted by molar-refractivity contribution is 0.414. The van der Waals surface area contributed by atoms with Crippen molar-refractivity contribution in [1.82, 2.24) is 9.55 Å². The van der Waals surface area contributed by atoms with Crippen LogP contribution in [0.4, 0.5) is 4.39 Å². The Kier molecular flexibility index (Phi) is 3.69. The molecule has 0 saturated heterocycles. The van der Waals surface area contributed by atoms with E-state index >= 15 is 0 Å². The van der Waals surface area contributed by atoms with E-state index in [0.717, 1.165) is 11.3 Å². The Balaban J connectivity index is 2.09. The van der Waals surface area contributed by atoms with Crippen LogP contribution in [0.1, 0.15) is 5.56 Å². The Morgan fingerprint density at radius 1 is 1.33 bits per heavy atom. The molecule has 0 amide bonds. The molecule has 3 nitrogen and oxygen atoms in total. The Hall–Kier alpha value is -1.85. The van der Waals surface area contributed by atoms with E-state index in [1.54, 1.807) is 13.2 Å². The molecule has 6 heteroatoms. The van der Waals surface area contributed by atoms with E-state index in [1.807, 2.05) is 28.8 Å². The Morgan fingerprint density at radius 2 is 2.14 bits per heavy atom. The van der Waals surface area contributed by atoms with Crippen LogP contribution in [0.2, 0.25) is 5.02 Å². The Bertz CT molecular complexity index is 872. The van der Waals surface area contributed by atoms with Gasteiger partial charge in [0, 0.05) is 6.07 Å². The van der Waals surface area contributed by atoms with Crippen LogP contribution in [0.3, 0.4) is 0 Å². The fourth-order valence-electron chi connectivity index (χ4n) is 2.26. The zero-order valence-electron chi connectivity index (χ0n) is 11.2. The number of aromatic nitrogens is 2. The van der Waals surface area contributed by atoms with Crippen molar-refractivity contribution < 1.29 is 9.13 Å². The minimum Gasteiger partial charge on any atom is -0.497 e. The largest absolute Gasteiger partial charge is 0.497 e. The summed E-state index contributed by atoms with van der Waals surface area (Å²) < 4.78 is 21.2. The molecule has 0 spiro atoms. The number of rotatable bonds is 3. The fourth-order valence-corrected chi connectivity index (χ4v) is 2.70. The molecular weight excluding hydrogens is 311 g/mol. The van der Waals surface area contributed by atoms with Gasteiger partial charge in [-0.15, -0.1) is 0 Å². The van der Waals surface area contributed by atoms with Crippen molar-refractivity contribution >= 4 is 34.9 Å². The number of methoxy groups -OCH3 is 1. The maximum Gasteiger partial charge on any atom is 0.178 e. The Morgan fingerprint density at radius 3 is 2.90 bits per heavy atom. The molecule has 0 fully saturated rings. The zero-order valence-corrected chi connectivity index (χ0v) is 12.8. The van der Waals surface area contributed by atoms with Gasteiger partial charge in [-0.2, -0.15) is 0 Å². The number of halogens is 2. The van der Waals surface area contributed by atoms with Crippen molar-refractivity contribution in [3.8, 4) is 5.75 Å². The topological polar surface area (TPSA) is 29.9 Å². The quantitative estimate of drug-likeness (QED) is 0.717. The van der Waals surface area contributed by atoms with Crippen LogP contribution in [-0.2, 0) is 6.54 Å². The van der Waals surface area contributed by atoms with Crippen LogP contribution in [0, 0.1) is 10.6 Å². The van der Waals surface area contributed by atoms with Gasteiger partial charge >= 0.3 is 0 Å². The van der Waals surface area contributed by atoms with E-state index < -0.39 is 5.82 Å². The van der Waals surface area contributed by atoms with Crippen LogP contribution in [0.25, 0.3) is 11.0 Å². The maximum atomic E-state index is 13.7. The third kappa shape index (κ3) is 2.66. The van der Waals surface area contributed by atoms with E-state index in [0.29, 0.717) is 22.3 Å². The van der Waals surface area contributed by atoms with E-state index in [-0.39, 0.29) is 5.02 Å². The van der Waals surface area contributed by atoms with Crippen molar-refractivity contribution in [2.45, 2.75) is 6.54 Å². The van der Waals surface area contributed by atoms with Gasteiger partial charge in [-0.05, 0) is 36.0 Å². The third-order valence-corrected chi connectivity index (χ3v) is 3.90. The molecule has 0 aliphatic rings. The number of hydrogen-bond donors (Lipinski definition) is 1. The summed E-state index contributed by atoms with van der Waals surface area (Å²) in [7, 11) is 1.62. The summed E-state index contributed by atoms with van der Waals surface area (Å²) in [6.45, 7) is 0.525. The summed E-state index contributed by atoms with van der Waals surface area (Å²) in [6, 6.07) is 10.6. The first-order valence-corrected chi connectivity index (χ1v) is 7.07. The fraction of sp³-hybridized carbons (Fsp3) is 0.133. The molecule has 0 atom stereocenters. The maximum absolute atomic E-state index is 13.7. The smallest absolute Gasteiger partial charge is 0.178 e. The molecular formula is C15H12ClFN2OS. The molecule has 2 aromatic carbocycles. The Labute approximate surface area is 130 Å². The predicted molar refractivity (Wildman–Crippen MR) is 84.2 cm³/mol. The summed E-state index contributed by atoms with van der Waals surface area (Å²) >= 11 is 11.1. The van der Waals surface area contributed by atoms with Crippen molar-refractivity contribution in [1.29, 1.82) is 0 Å². The summed E-state index contributed by atoms with van der Waals surface area (Å²) in [5.74, 6) is 0.311. The van der Waals surface area contributed by atoms with Crippen LogP contribution in [-0.4, -0.2) is 16.7 Å². The minimum absolute atomic E-state index is 0.0762. The van der Waals surface area contributed by atoms with E-state index in [1.165, 1.54) is 6.07 Å². The van der Waals surface area contributed by atoms with E-state index in [2.05, 4.69) is 4.98 Å². The van der Waals surface area contributed by atoms with E-state index in [9.17, 15) is 4.39 Å². The molecule has 108 valence electrons. The highest BCUT2D eigenvalue weighted by Crippen LogP contribution is 2.24. The summed E-state index contributed by atoms with van der Waals surface area (Å²) in [6.07, 6.45) is 0. The lowest BCUT2D eigenvalue weighted by atomic mass is 10.2. The molecule has 3 aromatic rings. The highest BCUT2D eigenvalue weighted by molar-refractivity contribution is 7.71. The highest BCUT2D eigenvalue weighted by atomic mass is 35.5. The second-order valence-corrected chi connectivity index (χ2v) is 5.45. The summed E-state index contributed by atoms with van der Waals surface area (Å²) in [5, 5.41) is 0.0762. The number of nitrogens with zero attached hydrogens (tertiary/aromatic N) is 1. The van der Waals surface area contributed by atoms with Gasteiger partial charge < -0.3 is 14.3 Å². The van der Waals surface area contributed by atoms with Crippen molar-refractivity contribution in [2.24, 2.45) is 0 Å². The standard InChI is InChI=1S/C15H12ClFN2OS/c1-20-10-4-2-3-9(5-10)8-19-14-7-12(17)11(16)6-13(14)18-15(19)21/h2-7H,8H2,1H3,(H,18,21). The molecule has 1 N–H and O–H groups in total. The third-order valence-electron chi connectivity index (χ3n) is 3.29. The van der Waals surface area contributed by atoms with E-state index in [4.69, 9.17) is 28.6 Å². The van der Waals surface area contributed by atoms with Crippen LogP contribution < -0.4 is 4.74 Å². The van der Waals surface area contributed by atoms with Crippen LogP contribution in [0.15, 0.2) is 36.4 Å². The lowest BCUT2D eigenvalue weighted by Gasteiger charge is -2.07. The number of nitrogens with one attached hydrogen (secondary N) is 1. The molecule has 0 saturated carbocycles. The number of aromatic amines is 1. The molecule has 1 heterocycles. The second kappa shape index (κ2) is 5.50. The molecule has 0 unspecified atom stereocenters.